The first-order valence-electron chi connectivity index (χ1n) is 9.26. The summed E-state index contributed by atoms with van der Waals surface area (Å²) < 4.78 is 22.3. The van der Waals surface area contributed by atoms with Crippen molar-refractivity contribution in [3.63, 3.8) is 0 Å². The van der Waals surface area contributed by atoms with Crippen LogP contribution in [0.4, 0.5) is 0 Å². The molecule has 6 nitrogen and oxygen atoms in total. The molecule has 0 aromatic heterocycles. The Labute approximate surface area is 158 Å². The summed E-state index contributed by atoms with van der Waals surface area (Å²) in [5, 5.41) is 10.3. The molecule has 2 atom stereocenters. The van der Waals surface area contributed by atoms with Gasteiger partial charge in [-0.25, -0.2) is 0 Å². The van der Waals surface area contributed by atoms with Crippen molar-refractivity contribution in [2.45, 2.75) is 24.9 Å². The van der Waals surface area contributed by atoms with Crippen LogP contribution in [-0.4, -0.2) is 44.2 Å². The molecule has 3 heterocycles. The molecule has 6 heteroatoms. The predicted octanol–water partition coefficient (Wildman–Crippen LogP) is 2.62. The smallest absolute Gasteiger partial charge is 0.231 e. The molecule has 0 bridgehead atoms. The van der Waals surface area contributed by atoms with Crippen LogP contribution in [0.3, 0.4) is 0 Å². The van der Waals surface area contributed by atoms with Crippen molar-refractivity contribution in [3.8, 4) is 23.0 Å². The maximum Gasteiger partial charge on any atom is 0.231 e. The van der Waals surface area contributed by atoms with Gasteiger partial charge in [0, 0.05) is 30.6 Å². The lowest BCUT2D eigenvalue weighted by Crippen LogP contribution is -2.42. The van der Waals surface area contributed by atoms with Crippen molar-refractivity contribution in [1.29, 1.82) is 0 Å². The molecule has 3 aliphatic heterocycles. The van der Waals surface area contributed by atoms with Gasteiger partial charge in [0.15, 0.2) is 23.0 Å². The molecule has 0 fully saturated rings. The highest BCUT2D eigenvalue weighted by molar-refractivity contribution is 5.57. The van der Waals surface area contributed by atoms with E-state index >= 15 is 0 Å². The first-order valence-corrected chi connectivity index (χ1v) is 9.26. The highest BCUT2D eigenvalue weighted by Gasteiger charge is 2.41. The third-order valence-electron chi connectivity index (χ3n) is 6.04. The van der Waals surface area contributed by atoms with Crippen LogP contribution in [0, 0.1) is 0 Å². The normalized spacial score (nSPS) is 22.6. The number of hydrogen-bond donors (Lipinski definition) is 1. The van der Waals surface area contributed by atoms with Crippen LogP contribution in [0.1, 0.15) is 34.2 Å². The first kappa shape index (κ1) is 16.7. The van der Waals surface area contributed by atoms with Crippen LogP contribution in [-0.2, 0) is 13.0 Å². The zero-order valence-electron chi connectivity index (χ0n) is 15.5. The molecule has 27 heavy (non-hydrogen) atoms. The zero-order chi connectivity index (χ0) is 18.5. The van der Waals surface area contributed by atoms with E-state index in [0.29, 0.717) is 0 Å². The molecule has 0 radical (unpaired) electrons. The Hall–Kier alpha value is -2.44. The number of aliphatic hydroxyl groups excluding tert-OH is 1. The second kappa shape index (κ2) is 6.32. The van der Waals surface area contributed by atoms with E-state index in [-0.39, 0.29) is 25.4 Å². The molecule has 0 amide bonds. The lowest BCUT2D eigenvalue weighted by Gasteiger charge is -2.46. The molecule has 0 spiro atoms. The van der Waals surface area contributed by atoms with E-state index in [0.717, 1.165) is 53.6 Å². The van der Waals surface area contributed by atoms with E-state index in [1.807, 2.05) is 6.07 Å². The van der Waals surface area contributed by atoms with Gasteiger partial charge in [-0.2, -0.15) is 0 Å². The average molecular weight is 369 g/mol. The van der Waals surface area contributed by atoms with E-state index in [1.54, 1.807) is 14.2 Å². The Morgan fingerprint density at radius 1 is 1.11 bits per heavy atom. The van der Waals surface area contributed by atoms with Crippen molar-refractivity contribution < 1.29 is 24.1 Å². The Balaban J connectivity index is 1.64. The maximum atomic E-state index is 10.3. The van der Waals surface area contributed by atoms with Gasteiger partial charge in [0.1, 0.15) is 0 Å². The lowest BCUT2D eigenvalue weighted by atomic mass is 9.76. The van der Waals surface area contributed by atoms with Crippen LogP contribution in [0.2, 0.25) is 0 Å². The van der Waals surface area contributed by atoms with Crippen molar-refractivity contribution in [3.05, 3.63) is 46.5 Å². The molecule has 5 rings (SSSR count). The zero-order valence-corrected chi connectivity index (χ0v) is 15.5. The van der Waals surface area contributed by atoms with Gasteiger partial charge in [-0.15, -0.1) is 0 Å². The largest absolute Gasteiger partial charge is 0.493 e. The molecule has 3 aliphatic rings. The van der Waals surface area contributed by atoms with Crippen molar-refractivity contribution in [2.75, 3.05) is 34.2 Å². The van der Waals surface area contributed by atoms with Gasteiger partial charge in [0.2, 0.25) is 6.79 Å². The van der Waals surface area contributed by atoms with Crippen LogP contribution < -0.4 is 18.9 Å². The van der Waals surface area contributed by atoms with Gasteiger partial charge in [-0.05, 0) is 41.3 Å². The van der Waals surface area contributed by atoms with Gasteiger partial charge < -0.3 is 24.1 Å². The minimum Gasteiger partial charge on any atom is -0.493 e. The van der Waals surface area contributed by atoms with Gasteiger partial charge in [-0.1, -0.05) is 6.07 Å². The minimum atomic E-state index is -0.0274. The summed E-state index contributed by atoms with van der Waals surface area (Å²) in [6.07, 6.45) is 0.937. The number of hydrogen-bond acceptors (Lipinski definition) is 6. The van der Waals surface area contributed by atoms with Gasteiger partial charge >= 0.3 is 0 Å². The summed E-state index contributed by atoms with van der Waals surface area (Å²) in [4.78, 5) is 2.43. The van der Waals surface area contributed by atoms with E-state index < -0.39 is 0 Å². The van der Waals surface area contributed by atoms with Gasteiger partial charge in [0.05, 0.1) is 20.8 Å². The third-order valence-corrected chi connectivity index (χ3v) is 6.04. The quantitative estimate of drug-likeness (QED) is 0.898. The molecule has 2 aromatic rings. The fraction of sp³-hybridized carbons (Fsp3) is 0.429. The standard InChI is InChI=1S/C21H23NO5/c1-24-18-7-12-5-6-22-9-15-13(3-4-17-21(15)27-11-26-17)16(10-23)20(22)14(12)8-19(18)25-2/h3-4,7-8,16,20,23H,5-6,9-11H2,1-2H3/t16-,20-/m0/s1. The topological polar surface area (TPSA) is 60.4 Å². The third kappa shape index (κ3) is 2.40. The fourth-order valence-electron chi connectivity index (χ4n) is 4.80. The van der Waals surface area contributed by atoms with Crippen LogP contribution in [0.25, 0.3) is 0 Å². The number of aliphatic hydroxyl groups is 1. The molecule has 0 saturated heterocycles. The van der Waals surface area contributed by atoms with Crippen LogP contribution >= 0.6 is 0 Å². The summed E-state index contributed by atoms with van der Waals surface area (Å²) in [5.74, 6) is 3.09. The highest BCUT2D eigenvalue weighted by Crippen LogP contribution is 2.51. The van der Waals surface area contributed by atoms with Crippen molar-refractivity contribution in [1.82, 2.24) is 4.90 Å². The molecule has 142 valence electrons. The van der Waals surface area contributed by atoms with Crippen molar-refractivity contribution >= 4 is 0 Å². The highest BCUT2D eigenvalue weighted by atomic mass is 16.7. The number of nitrogens with zero attached hydrogens (tertiary/aromatic N) is 1. The monoisotopic (exact) mass is 369 g/mol. The second-order valence-electron chi connectivity index (χ2n) is 7.23. The number of methoxy groups -OCH3 is 2. The van der Waals surface area contributed by atoms with E-state index in [2.05, 4.69) is 23.1 Å². The number of benzene rings is 2. The second-order valence-corrected chi connectivity index (χ2v) is 7.23. The summed E-state index contributed by atoms with van der Waals surface area (Å²) in [6.45, 7) is 2.05. The number of fused-ring (bicyclic) bond motifs is 6. The SMILES string of the molecule is COc1cc2c(cc1OC)[C@H]1[C@@H](CO)c3ccc4c(c3CN1CC2)OCO4. The molecule has 0 unspecified atom stereocenters. The Kier molecular flexibility index (Phi) is 3.91. The summed E-state index contributed by atoms with van der Waals surface area (Å²) in [6, 6.07) is 8.29. The van der Waals surface area contributed by atoms with Crippen LogP contribution in [0.5, 0.6) is 23.0 Å². The average Bonchev–Trinajstić information content (AvgIpc) is 3.20. The number of ether oxygens (including phenoxy) is 4. The predicted molar refractivity (Wildman–Crippen MR) is 98.8 cm³/mol. The summed E-state index contributed by atoms with van der Waals surface area (Å²) in [5.41, 5.74) is 4.76. The Morgan fingerprint density at radius 2 is 1.93 bits per heavy atom. The molecule has 0 aliphatic carbocycles. The van der Waals surface area contributed by atoms with Gasteiger partial charge in [0.25, 0.3) is 0 Å². The van der Waals surface area contributed by atoms with E-state index in [1.165, 1.54) is 11.1 Å². The van der Waals surface area contributed by atoms with Gasteiger partial charge in [-0.3, -0.25) is 4.90 Å². The summed E-state index contributed by atoms with van der Waals surface area (Å²) in [7, 11) is 3.32. The maximum absolute atomic E-state index is 10.3. The molecular weight excluding hydrogens is 346 g/mol. The fourth-order valence-corrected chi connectivity index (χ4v) is 4.80. The number of rotatable bonds is 3. The van der Waals surface area contributed by atoms with E-state index in [9.17, 15) is 5.11 Å². The first-order chi connectivity index (χ1) is 13.2. The molecule has 2 aromatic carbocycles. The molecule has 0 saturated carbocycles. The van der Waals surface area contributed by atoms with Crippen molar-refractivity contribution in [2.24, 2.45) is 0 Å². The molecule has 1 N–H and O–H groups in total. The van der Waals surface area contributed by atoms with E-state index in [4.69, 9.17) is 18.9 Å². The minimum absolute atomic E-state index is 0.0274. The lowest BCUT2D eigenvalue weighted by molar-refractivity contribution is 0.0994. The Morgan fingerprint density at radius 3 is 2.70 bits per heavy atom. The Bertz CT molecular complexity index is 897. The molecular formula is C21H23NO5. The van der Waals surface area contributed by atoms with Crippen LogP contribution in [0.15, 0.2) is 24.3 Å². The summed E-state index contributed by atoms with van der Waals surface area (Å²) >= 11 is 0.